The zero-order chi connectivity index (χ0) is 11.3. The fourth-order valence-electron chi connectivity index (χ4n) is 1.30. The fraction of sp³-hybridized carbons (Fsp3) is 0.417. The largest absolute Gasteiger partial charge is 0.497 e. The van der Waals surface area contributed by atoms with Crippen molar-refractivity contribution < 1.29 is 9.53 Å². The third kappa shape index (κ3) is 3.62. The topological polar surface area (TPSA) is 29.5 Å². The smallest absolute Gasteiger partial charge is 0.222 e. The maximum atomic E-state index is 11.4. The zero-order valence-electron chi connectivity index (χ0n) is 9.49. The number of ether oxygens (including phenoxy) is 1. The number of carbonyl (C=O) groups excluding carboxylic acids is 1. The van der Waals surface area contributed by atoms with Gasteiger partial charge in [0.05, 0.1) is 7.11 Å². The van der Waals surface area contributed by atoms with E-state index >= 15 is 0 Å². The highest BCUT2D eigenvalue weighted by Crippen LogP contribution is 2.13. The minimum absolute atomic E-state index is 0.151. The number of methoxy groups -OCH3 is 1. The molecule has 0 atom stereocenters. The van der Waals surface area contributed by atoms with Crippen molar-refractivity contribution in [3.05, 3.63) is 29.8 Å². The second-order valence-corrected chi connectivity index (χ2v) is 3.64. The molecule has 82 valence electrons. The molecule has 1 amide bonds. The molecular formula is C12H17NO2. The highest BCUT2D eigenvalue weighted by molar-refractivity contribution is 5.75. The Morgan fingerprint density at radius 2 is 2.13 bits per heavy atom. The molecule has 0 aromatic heterocycles. The van der Waals surface area contributed by atoms with Gasteiger partial charge in [0.1, 0.15) is 5.75 Å². The van der Waals surface area contributed by atoms with Crippen molar-refractivity contribution in [1.29, 1.82) is 0 Å². The van der Waals surface area contributed by atoms with Crippen LogP contribution in [0.3, 0.4) is 0 Å². The van der Waals surface area contributed by atoms with Gasteiger partial charge in [-0.2, -0.15) is 0 Å². The van der Waals surface area contributed by atoms with Crippen LogP contribution in [-0.2, 0) is 11.2 Å². The Kier molecular flexibility index (Phi) is 4.16. The van der Waals surface area contributed by atoms with Crippen molar-refractivity contribution in [2.24, 2.45) is 0 Å². The van der Waals surface area contributed by atoms with Gasteiger partial charge in [-0.1, -0.05) is 12.1 Å². The Bertz CT molecular complexity index is 334. The van der Waals surface area contributed by atoms with Crippen molar-refractivity contribution in [1.82, 2.24) is 4.90 Å². The van der Waals surface area contributed by atoms with Crippen LogP contribution in [-0.4, -0.2) is 32.0 Å². The fourth-order valence-corrected chi connectivity index (χ4v) is 1.30. The third-order valence-corrected chi connectivity index (χ3v) is 2.26. The number of amides is 1. The monoisotopic (exact) mass is 207 g/mol. The summed E-state index contributed by atoms with van der Waals surface area (Å²) < 4.78 is 5.11. The van der Waals surface area contributed by atoms with Gasteiger partial charge in [0.15, 0.2) is 0 Å². The molecule has 0 aliphatic heterocycles. The van der Waals surface area contributed by atoms with E-state index < -0.39 is 0 Å². The lowest BCUT2D eigenvalue weighted by Gasteiger charge is -2.10. The van der Waals surface area contributed by atoms with E-state index in [2.05, 4.69) is 0 Å². The highest BCUT2D eigenvalue weighted by atomic mass is 16.5. The van der Waals surface area contributed by atoms with Gasteiger partial charge in [-0.25, -0.2) is 0 Å². The van der Waals surface area contributed by atoms with Crippen molar-refractivity contribution in [2.75, 3.05) is 21.2 Å². The first-order valence-electron chi connectivity index (χ1n) is 4.96. The van der Waals surface area contributed by atoms with Crippen LogP contribution in [0.15, 0.2) is 24.3 Å². The Labute approximate surface area is 90.7 Å². The SMILES string of the molecule is COc1cccc(CCC(=O)N(C)C)c1. The molecule has 1 rings (SSSR count). The molecule has 0 N–H and O–H groups in total. The second-order valence-electron chi connectivity index (χ2n) is 3.64. The lowest BCUT2D eigenvalue weighted by Crippen LogP contribution is -2.21. The minimum Gasteiger partial charge on any atom is -0.497 e. The van der Waals surface area contributed by atoms with Crippen molar-refractivity contribution in [2.45, 2.75) is 12.8 Å². The number of rotatable bonds is 4. The van der Waals surface area contributed by atoms with E-state index in [0.717, 1.165) is 17.7 Å². The van der Waals surface area contributed by atoms with Crippen LogP contribution in [0.2, 0.25) is 0 Å². The van der Waals surface area contributed by atoms with E-state index in [9.17, 15) is 4.79 Å². The predicted octanol–water partition coefficient (Wildman–Crippen LogP) is 1.72. The van der Waals surface area contributed by atoms with E-state index in [-0.39, 0.29) is 5.91 Å². The van der Waals surface area contributed by atoms with Crippen LogP contribution < -0.4 is 4.74 Å². The molecule has 0 unspecified atom stereocenters. The molecule has 0 heterocycles. The first-order chi connectivity index (χ1) is 7.13. The summed E-state index contributed by atoms with van der Waals surface area (Å²) in [4.78, 5) is 13.0. The van der Waals surface area contributed by atoms with Crippen LogP contribution in [0.5, 0.6) is 5.75 Å². The van der Waals surface area contributed by atoms with Gasteiger partial charge in [0, 0.05) is 20.5 Å². The van der Waals surface area contributed by atoms with E-state index in [0.29, 0.717) is 6.42 Å². The van der Waals surface area contributed by atoms with E-state index in [4.69, 9.17) is 4.74 Å². The van der Waals surface area contributed by atoms with E-state index in [1.807, 2.05) is 24.3 Å². The van der Waals surface area contributed by atoms with Gasteiger partial charge in [0.25, 0.3) is 0 Å². The summed E-state index contributed by atoms with van der Waals surface area (Å²) in [6.45, 7) is 0. The summed E-state index contributed by atoms with van der Waals surface area (Å²) >= 11 is 0. The van der Waals surface area contributed by atoms with Crippen molar-refractivity contribution in [3.8, 4) is 5.75 Å². The average Bonchev–Trinajstić information content (AvgIpc) is 2.26. The number of hydrogen-bond acceptors (Lipinski definition) is 2. The summed E-state index contributed by atoms with van der Waals surface area (Å²) in [7, 11) is 5.19. The van der Waals surface area contributed by atoms with E-state index in [1.54, 1.807) is 26.1 Å². The molecule has 0 saturated heterocycles. The Balaban J connectivity index is 2.54. The lowest BCUT2D eigenvalue weighted by atomic mass is 10.1. The molecule has 3 heteroatoms. The molecule has 15 heavy (non-hydrogen) atoms. The number of carbonyl (C=O) groups is 1. The first kappa shape index (κ1) is 11.6. The summed E-state index contributed by atoms with van der Waals surface area (Å²) in [5.74, 6) is 0.989. The maximum absolute atomic E-state index is 11.4. The lowest BCUT2D eigenvalue weighted by molar-refractivity contribution is -0.128. The van der Waals surface area contributed by atoms with Gasteiger partial charge in [-0.15, -0.1) is 0 Å². The number of aryl methyl sites for hydroxylation is 1. The molecule has 3 nitrogen and oxygen atoms in total. The predicted molar refractivity (Wildman–Crippen MR) is 60.0 cm³/mol. The molecule has 0 bridgehead atoms. The maximum Gasteiger partial charge on any atom is 0.222 e. The highest BCUT2D eigenvalue weighted by Gasteiger charge is 2.04. The van der Waals surface area contributed by atoms with Gasteiger partial charge >= 0.3 is 0 Å². The Morgan fingerprint density at radius 3 is 2.73 bits per heavy atom. The number of benzene rings is 1. The number of hydrogen-bond donors (Lipinski definition) is 0. The number of nitrogens with zero attached hydrogens (tertiary/aromatic N) is 1. The quantitative estimate of drug-likeness (QED) is 0.752. The molecule has 0 saturated carbocycles. The van der Waals surface area contributed by atoms with Crippen LogP contribution in [0.4, 0.5) is 0 Å². The molecular weight excluding hydrogens is 190 g/mol. The molecule has 0 fully saturated rings. The third-order valence-electron chi connectivity index (χ3n) is 2.26. The molecule has 0 aliphatic rings. The zero-order valence-corrected chi connectivity index (χ0v) is 9.49. The minimum atomic E-state index is 0.151. The Morgan fingerprint density at radius 1 is 1.40 bits per heavy atom. The molecule has 0 radical (unpaired) electrons. The Hall–Kier alpha value is -1.51. The van der Waals surface area contributed by atoms with Gasteiger partial charge < -0.3 is 9.64 Å². The van der Waals surface area contributed by atoms with Crippen molar-refractivity contribution >= 4 is 5.91 Å². The van der Waals surface area contributed by atoms with E-state index in [1.165, 1.54) is 0 Å². The summed E-state index contributed by atoms with van der Waals surface area (Å²) in [5, 5.41) is 0. The van der Waals surface area contributed by atoms with Gasteiger partial charge in [-0.3, -0.25) is 4.79 Å². The molecule has 0 spiro atoms. The summed E-state index contributed by atoms with van der Waals surface area (Å²) in [5.41, 5.74) is 1.13. The van der Waals surface area contributed by atoms with Crippen LogP contribution >= 0.6 is 0 Å². The van der Waals surface area contributed by atoms with Crippen LogP contribution in [0.25, 0.3) is 0 Å². The molecule has 1 aromatic carbocycles. The summed E-state index contributed by atoms with van der Waals surface area (Å²) in [6.07, 6.45) is 1.30. The first-order valence-corrected chi connectivity index (χ1v) is 4.96. The van der Waals surface area contributed by atoms with Crippen molar-refractivity contribution in [3.63, 3.8) is 0 Å². The van der Waals surface area contributed by atoms with Gasteiger partial charge in [-0.05, 0) is 24.1 Å². The average molecular weight is 207 g/mol. The molecule has 0 aliphatic carbocycles. The van der Waals surface area contributed by atoms with Gasteiger partial charge in [0.2, 0.25) is 5.91 Å². The molecule has 1 aromatic rings. The second kappa shape index (κ2) is 5.39. The standard InChI is InChI=1S/C12H17NO2/c1-13(2)12(14)8-7-10-5-4-6-11(9-10)15-3/h4-6,9H,7-8H2,1-3H3. The normalized spacial score (nSPS) is 9.80. The van der Waals surface area contributed by atoms with Crippen LogP contribution in [0.1, 0.15) is 12.0 Å². The van der Waals surface area contributed by atoms with Crippen LogP contribution in [0, 0.1) is 0 Å². The summed E-state index contributed by atoms with van der Waals surface area (Å²) in [6, 6.07) is 7.81.